The Balaban J connectivity index is 0.000000181. The smallest absolute Gasteiger partial charge is 0.381 e. The lowest BCUT2D eigenvalue weighted by Crippen LogP contribution is -2.11. The number of hydrogen-bond donors (Lipinski definition) is 4. The molecule has 0 amide bonds. The van der Waals surface area contributed by atoms with E-state index in [1.165, 1.54) is 34.9 Å². The molecule has 0 fully saturated rings. The Labute approximate surface area is 332 Å². The van der Waals surface area contributed by atoms with Crippen molar-refractivity contribution in [1.82, 2.24) is 39.0 Å². The van der Waals surface area contributed by atoms with Gasteiger partial charge in [-0.05, 0) is 79.7 Å². The number of halogens is 9. The molecule has 0 bridgehead atoms. The normalized spacial score (nSPS) is 11.8. The first-order valence-corrected chi connectivity index (χ1v) is 17.6. The van der Waals surface area contributed by atoms with E-state index in [0.29, 0.717) is 29.1 Å². The molecule has 308 valence electrons. The second-order valence-corrected chi connectivity index (χ2v) is 12.9. The molecule has 12 nitrogen and oxygen atoms in total. The molecule has 4 heterocycles. The first-order valence-electron chi connectivity index (χ1n) is 17.6. The molecule has 0 saturated carbocycles. The van der Waals surface area contributed by atoms with Crippen molar-refractivity contribution in [3.8, 4) is 11.9 Å². The van der Waals surface area contributed by atoms with Crippen LogP contribution < -0.4 is 22.1 Å². The quantitative estimate of drug-likeness (QED) is 0.114. The minimum atomic E-state index is -4.49. The number of para-hydroxylation sites is 2. The maximum atomic E-state index is 14.6. The largest absolute Gasteiger partial charge is 0.416 e. The van der Waals surface area contributed by atoms with E-state index in [2.05, 4.69) is 40.5 Å². The third kappa shape index (κ3) is 8.26. The molecule has 6 N–H and O–H groups in total. The molecule has 0 radical (unpaired) electrons. The van der Waals surface area contributed by atoms with Crippen LogP contribution in [0.4, 0.5) is 74.2 Å². The van der Waals surface area contributed by atoms with Gasteiger partial charge in [0.25, 0.3) is 0 Å². The summed E-state index contributed by atoms with van der Waals surface area (Å²) in [6.45, 7) is 3.54. The zero-order valence-corrected chi connectivity index (χ0v) is 31.0. The van der Waals surface area contributed by atoms with Crippen LogP contribution in [0.1, 0.15) is 29.7 Å². The summed E-state index contributed by atoms with van der Waals surface area (Å²) in [4.78, 5) is 25.1. The van der Waals surface area contributed by atoms with Gasteiger partial charge in [-0.25, -0.2) is 14.4 Å². The van der Waals surface area contributed by atoms with Crippen molar-refractivity contribution in [2.45, 2.75) is 32.6 Å². The van der Waals surface area contributed by atoms with E-state index < -0.39 is 52.6 Å². The summed E-state index contributed by atoms with van der Waals surface area (Å²) < 4.78 is 122. The Morgan fingerprint density at radius 1 is 0.567 bits per heavy atom. The number of fused-ring (bicyclic) bond motifs is 2. The van der Waals surface area contributed by atoms with Gasteiger partial charge in [-0.2, -0.15) is 55.1 Å². The Morgan fingerprint density at radius 2 is 1.05 bits per heavy atom. The third-order valence-electron chi connectivity index (χ3n) is 8.81. The minimum Gasteiger partial charge on any atom is -0.381 e. The number of aryl methyl sites for hydroxylation is 2. The van der Waals surface area contributed by atoms with Gasteiger partial charge in [-0.3, -0.25) is 9.13 Å². The average Bonchev–Trinajstić information content (AvgIpc) is 3.74. The van der Waals surface area contributed by atoms with Crippen molar-refractivity contribution >= 4 is 56.7 Å². The van der Waals surface area contributed by atoms with Crippen molar-refractivity contribution in [1.29, 1.82) is 0 Å². The zero-order valence-electron chi connectivity index (χ0n) is 31.0. The van der Waals surface area contributed by atoms with Crippen LogP contribution in [0.5, 0.6) is 0 Å². The topological polar surface area (TPSA) is 163 Å². The number of aromatic nitrogens is 8. The zero-order chi connectivity index (χ0) is 43.1. The molecular formula is C39H29F9N12. The van der Waals surface area contributed by atoms with Gasteiger partial charge < -0.3 is 22.1 Å². The lowest BCUT2D eigenvalue weighted by molar-refractivity contribution is -0.138. The van der Waals surface area contributed by atoms with E-state index in [9.17, 15) is 39.5 Å². The molecule has 0 aliphatic carbocycles. The summed E-state index contributed by atoms with van der Waals surface area (Å²) in [5, 5.41) is 5.28. The lowest BCUT2D eigenvalue weighted by Gasteiger charge is -2.13. The van der Waals surface area contributed by atoms with Gasteiger partial charge in [0.2, 0.25) is 23.5 Å². The molecule has 4 aromatic carbocycles. The molecule has 60 heavy (non-hydrogen) atoms. The van der Waals surface area contributed by atoms with Crippen LogP contribution in [0.25, 0.3) is 34.0 Å². The first-order chi connectivity index (χ1) is 28.4. The molecular weight excluding hydrogens is 807 g/mol. The Morgan fingerprint density at radius 3 is 1.55 bits per heavy atom. The van der Waals surface area contributed by atoms with Crippen molar-refractivity contribution in [3.63, 3.8) is 0 Å². The number of benzene rings is 4. The summed E-state index contributed by atoms with van der Waals surface area (Å²) in [6.07, 6.45) is -8.39. The van der Waals surface area contributed by atoms with Gasteiger partial charge in [0.1, 0.15) is 17.5 Å². The molecule has 0 saturated heterocycles. The number of alkyl halides is 6. The van der Waals surface area contributed by atoms with E-state index in [1.54, 1.807) is 11.5 Å². The highest BCUT2D eigenvalue weighted by Gasteiger charge is 2.31. The number of nitrogens with two attached hydrogens (primary N) is 2. The first kappa shape index (κ1) is 40.7. The molecule has 0 aliphatic heterocycles. The maximum absolute atomic E-state index is 14.6. The number of rotatable bonds is 7. The molecule has 0 atom stereocenters. The molecule has 8 aromatic rings. The molecule has 0 aliphatic rings. The summed E-state index contributed by atoms with van der Waals surface area (Å²) in [5.74, 6) is -2.66. The van der Waals surface area contributed by atoms with Crippen molar-refractivity contribution < 1.29 is 39.5 Å². The summed E-state index contributed by atoms with van der Waals surface area (Å²) in [6, 6.07) is 19.4. The van der Waals surface area contributed by atoms with E-state index in [1.807, 2.05) is 31.2 Å². The molecule has 4 aromatic heterocycles. The van der Waals surface area contributed by atoms with Crippen LogP contribution in [-0.2, 0) is 18.8 Å². The highest BCUT2D eigenvalue weighted by atomic mass is 19.4. The number of hydrogen-bond acceptors (Lipinski definition) is 10. The van der Waals surface area contributed by atoms with Crippen molar-refractivity contribution in [2.24, 2.45) is 0 Å². The molecule has 21 heteroatoms. The number of nitrogen functional groups attached to an aromatic ring is 2. The molecule has 8 rings (SSSR count). The molecule has 0 unspecified atom stereocenters. The number of nitrogens with one attached hydrogen (secondary N) is 2. The third-order valence-corrected chi connectivity index (χ3v) is 8.81. The van der Waals surface area contributed by atoms with Crippen LogP contribution in [0.3, 0.4) is 0 Å². The van der Waals surface area contributed by atoms with Crippen molar-refractivity contribution in [3.05, 3.63) is 131 Å². The maximum Gasteiger partial charge on any atom is 0.416 e. The fourth-order valence-corrected chi connectivity index (χ4v) is 5.99. The highest BCUT2D eigenvalue weighted by Crippen LogP contribution is 2.33. The summed E-state index contributed by atoms with van der Waals surface area (Å²) >= 11 is 0. The van der Waals surface area contributed by atoms with Crippen LogP contribution in [0.2, 0.25) is 0 Å². The van der Waals surface area contributed by atoms with Crippen molar-refractivity contribution in [2.75, 3.05) is 22.1 Å². The van der Waals surface area contributed by atoms with E-state index >= 15 is 0 Å². The fraction of sp³-hybridized carbons (Fsp3) is 0.128. The van der Waals surface area contributed by atoms with Crippen LogP contribution in [0, 0.1) is 24.4 Å². The Kier molecular flexibility index (Phi) is 10.7. The average molecular weight is 837 g/mol. The standard InChI is InChI=1S/C20H16F4N6.C19H13F5N6/c1-2-15-27-13-5-3-4-6-14(13)30(15)19-28-17(25)16(21)18(29-19)26-12-9-7-11(8-10-12)20(22,23)24;1-9-26-13-8-11(20)4-7-14(13)30(9)18-28-16(25)15(21)17(29-18)27-12-5-2-10(3-6-12)19(22,23)24/h3-10H,2H2,1H3,(H3,25,26,28,29);2-8H,1H3,(H3,25,27,28,29). The van der Waals surface area contributed by atoms with E-state index in [0.717, 1.165) is 47.4 Å². The van der Waals surface area contributed by atoms with Gasteiger partial charge >= 0.3 is 12.4 Å². The monoisotopic (exact) mass is 836 g/mol. The van der Waals surface area contributed by atoms with Gasteiger partial charge in [0, 0.05) is 23.9 Å². The molecule has 0 spiro atoms. The van der Waals surface area contributed by atoms with Crippen LogP contribution >= 0.6 is 0 Å². The van der Waals surface area contributed by atoms with Gasteiger partial charge in [0.15, 0.2) is 23.3 Å². The summed E-state index contributed by atoms with van der Waals surface area (Å²) in [5.41, 5.74) is 12.4. The number of anilines is 6. The van der Waals surface area contributed by atoms with Gasteiger partial charge in [-0.1, -0.05) is 19.1 Å². The predicted octanol–water partition coefficient (Wildman–Crippen LogP) is 9.61. The van der Waals surface area contributed by atoms with Crippen LogP contribution in [0.15, 0.2) is 91.0 Å². The van der Waals surface area contributed by atoms with E-state index in [-0.39, 0.29) is 34.9 Å². The second kappa shape index (κ2) is 15.7. The SMILES string of the molecule is CCc1nc2ccccc2n1-c1nc(N)c(F)c(Nc2ccc(C(F)(F)F)cc2)n1.Cc1nc2cc(F)ccc2n1-c1nc(N)c(F)c(Nc2ccc(C(F)(F)F)cc2)n1. The number of nitrogens with zero attached hydrogens (tertiary/aromatic N) is 8. The Hall–Kier alpha value is -7.45. The number of imidazole rings is 2. The second-order valence-electron chi connectivity index (χ2n) is 12.9. The Bertz CT molecular complexity index is 2850. The highest BCUT2D eigenvalue weighted by molar-refractivity contribution is 5.79. The van der Waals surface area contributed by atoms with Gasteiger partial charge in [0.05, 0.1) is 33.2 Å². The van der Waals surface area contributed by atoms with Crippen LogP contribution in [-0.4, -0.2) is 39.0 Å². The summed E-state index contributed by atoms with van der Waals surface area (Å²) in [7, 11) is 0. The van der Waals surface area contributed by atoms with E-state index in [4.69, 9.17) is 11.5 Å². The predicted molar refractivity (Wildman–Crippen MR) is 206 cm³/mol. The van der Waals surface area contributed by atoms with Gasteiger partial charge in [-0.15, -0.1) is 0 Å². The fourth-order valence-electron chi connectivity index (χ4n) is 5.99. The lowest BCUT2D eigenvalue weighted by atomic mass is 10.2. The minimum absolute atomic E-state index is 0.0325.